The molecule has 4 rings (SSSR count). The molecule has 1 aromatic heterocycles. The van der Waals surface area contributed by atoms with Crippen LogP contribution in [0.5, 0.6) is 5.75 Å². The van der Waals surface area contributed by atoms with E-state index in [1.54, 1.807) is 19.5 Å². The van der Waals surface area contributed by atoms with Gasteiger partial charge in [0.1, 0.15) is 18.5 Å². The summed E-state index contributed by atoms with van der Waals surface area (Å²) in [5.41, 5.74) is 2.10. The lowest BCUT2D eigenvalue weighted by Crippen LogP contribution is -2.49. The summed E-state index contributed by atoms with van der Waals surface area (Å²) in [6, 6.07) is 16.3. The van der Waals surface area contributed by atoms with E-state index in [0.29, 0.717) is 6.54 Å². The van der Waals surface area contributed by atoms with E-state index in [0.717, 1.165) is 67.0 Å². The van der Waals surface area contributed by atoms with E-state index in [9.17, 15) is 5.11 Å². The molecule has 2 aromatic carbocycles. The predicted octanol–water partition coefficient (Wildman–Crippen LogP) is 2.91. The number of hydrogen-bond acceptors (Lipinski definition) is 6. The SMILES string of the molecule is COCCN1CCN(CC(O)COc2ccc3ccccc3c2-c2ccncc2)CC1. The van der Waals surface area contributed by atoms with Crippen molar-refractivity contribution in [3.8, 4) is 16.9 Å². The van der Waals surface area contributed by atoms with Crippen molar-refractivity contribution in [2.24, 2.45) is 0 Å². The maximum absolute atomic E-state index is 10.6. The Labute approximate surface area is 184 Å². The van der Waals surface area contributed by atoms with Crippen LogP contribution in [0.3, 0.4) is 0 Å². The van der Waals surface area contributed by atoms with Gasteiger partial charge in [0.25, 0.3) is 0 Å². The van der Waals surface area contributed by atoms with E-state index < -0.39 is 6.10 Å². The van der Waals surface area contributed by atoms with Gasteiger partial charge in [-0.05, 0) is 34.5 Å². The zero-order valence-electron chi connectivity index (χ0n) is 18.1. The largest absolute Gasteiger partial charge is 0.490 e. The van der Waals surface area contributed by atoms with Gasteiger partial charge in [-0.1, -0.05) is 30.3 Å². The molecule has 6 heteroatoms. The number of aliphatic hydroxyl groups excluding tert-OH is 1. The van der Waals surface area contributed by atoms with Crippen LogP contribution in [0.1, 0.15) is 0 Å². The van der Waals surface area contributed by atoms with Crippen LogP contribution in [0.2, 0.25) is 0 Å². The van der Waals surface area contributed by atoms with Gasteiger partial charge in [0, 0.05) is 64.3 Å². The number of rotatable bonds is 9. The molecule has 1 aliphatic rings. The second-order valence-electron chi connectivity index (χ2n) is 8.00. The van der Waals surface area contributed by atoms with E-state index in [2.05, 4.69) is 33.0 Å². The Hall–Kier alpha value is -2.51. The molecule has 1 aliphatic heterocycles. The smallest absolute Gasteiger partial charge is 0.127 e. The van der Waals surface area contributed by atoms with Crippen molar-refractivity contribution in [3.63, 3.8) is 0 Å². The Morgan fingerprint density at radius 1 is 0.968 bits per heavy atom. The van der Waals surface area contributed by atoms with Crippen molar-refractivity contribution in [3.05, 3.63) is 60.9 Å². The molecule has 3 aromatic rings. The molecule has 0 saturated carbocycles. The summed E-state index contributed by atoms with van der Waals surface area (Å²) < 4.78 is 11.3. The molecule has 2 heterocycles. The third kappa shape index (κ3) is 5.60. The molecule has 1 atom stereocenters. The van der Waals surface area contributed by atoms with Gasteiger partial charge < -0.3 is 14.6 Å². The van der Waals surface area contributed by atoms with Crippen molar-refractivity contribution in [1.29, 1.82) is 0 Å². The maximum Gasteiger partial charge on any atom is 0.127 e. The molecule has 0 aliphatic carbocycles. The van der Waals surface area contributed by atoms with Gasteiger partial charge in [-0.2, -0.15) is 0 Å². The minimum Gasteiger partial charge on any atom is -0.490 e. The lowest BCUT2D eigenvalue weighted by Gasteiger charge is -2.35. The molecule has 1 saturated heterocycles. The highest BCUT2D eigenvalue weighted by atomic mass is 16.5. The van der Waals surface area contributed by atoms with Crippen molar-refractivity contribution >= 4 is 10.8 Å². The van der Waals surface area contributed by atoms with Crippen LogP contribution in [0, 0.1) is 0 Å². The lowest BCUT2D eigenvalue weighted by molar-refractivity contribution is 0.0407. The first-order valence-corrected chi connectivity index (χ1v) is 10.9. The summed E-state index contributed by atoms with van der Waals surface area (Å²) in [5.74, 6) is 0.785. The quantitative estimate of drug-likeness (QED) is 0.573. The van der Waals surface area contributed by atoms with Crippen LogP contribution in [0.15, 0.2) is 60.9 Å². The van der Waals surface area contributed by atoms with Gasteiger partial charge in [-0.25, -0.2) is 0 Å². The molecule has 1 unspecified atom stereocenters. The normalized spacial score (nSPS) is 16.5. The highest BCUT2D eigenvalue weighted by molar-refractivity contribution is 5.99. The first kappa shape index (κ1) is 21.7. The summed E-state index contributed by atoms with van der Waals surface area (Å²) in [7, 11) is 1.74. The van der Waals surface area contributed by atoms with Crippen LogP contribution in [-0.4, -0.2) is 85.6 Å². The number of ether oxygens (including phenoxy) is 2. The Morgan fingerprint density at radius 2 is 1.71 bits per heavy atom. The van der Waals surface area contributed by atoms with Crippen LogP contribution in [0.4, 0.5) is 0 Å². The lowest BCUT2D eigenvalue weighted by atomic mass is 9.98. The average Bonchev–Trinajstić information content (AvgIpc) is 2.82. The minimum absolute atomic E-state index is 0.264. The predicted molar refractivity (Wildman–Crippen MR) is 123 cm³/mol. The van der Waals surface area contributed by atoms with Gasteiger partial charge >= 0.3 is 0 Å². The number of hydrogen-bond donors (Lipinski definition) is 1. The monoisotopic (exact) mass is 421 g/mol. The van der Waals surface area contributed by atoms with Gasteiger partial charge in [0.2, 0.25) is 0 Å². The highest BCUT2D eigenvalue weighted by Crippen LogP contribution is 2.36. The topological polar surface area (TPSA) is 58.1 Å². The first-order chi connectivity index (χ1) is 15.2. The van der Waals surface area contributed by atoms with Crippen LogP contribution in [0.25, 0.3) is 21.9 Å². The van der Waals surface area contributed by atoms with Crippen molar-refractivity contribution in [2.45, 2.75) is 6.10 Å². The molecule has 164 valence electrons. The number of fused-ring (bicyclic) bond motifs is 1. The first-order valence-electron chi connectivity index (χ1n) is 10.9. The third-order valence-electron chi connectivity index (χ3n) is 5.84. The fourth-order valence-electron chi connectivity index (χ4n) is 4.14. The number of aliphatic hydroxyl groups is 1. The van der Waals surface area contributed by atoms with Crippen LogP contribution in [-0.2, 0) is 4.74 Å². The number of nitrogens with zero attached hydrogens (tertiary/aromatic N) is 3. The summed E-state index contributed by atoms with van der Waals surface area (Å²) >= 11 is 0. The van der Waals surface area contributed by atoms with E-state index >= 15 is 0 Å². The van der Waals surface area contributed by atoms with Crippen molar-refractivity contribution in [2.75, 3.05) is 59.6 Å². The van der Waals surface area contributed by atoms with Crippen molar-refractivity contribution < 1.29 is 14.6 Å². The molecular formula is C25H31N3O3. The summed E-state index contributed by atoms with van der Waals surface area (Å²) in [4.78, 5) is 8.85. The second kappa shape index (κ2) is 10.7. The van der Waals surface area contributed by atoms with Gasteiger partial charge in [-0.3, -0.25) is 14.8 Å². The molecule has 0 amide bonds. The Kier molecular flexibility index (Phi) is 7.48. The van der Waals surface area contributed by atoms with Gasteiger partial charge in [0.15, 0.2) is 0 Å². The highest BCUT2D eigenvalue weighted by Gasteiger charge is 2.20. The van der Waals surface area contributed by atoms with Gasteiger partial charge in [-0.15, -0.1) is 0 Å². The summed E-state index contributed by atoms with van der Waals surface area (Å²) in [5, 5.41) is 12.9. The number of β-amino-alcohol motifs (C(OH)–C–C–N with tert-alkyl or cyclic N) is 1. The summed E-state index contributed by atoms with van der Waals surface area (Å²) in [6.45, 7) is 6.55. The maximum atomic E-state index is 10.6. The number of methoxy groups -OCH3 is 1. The fourth-order valence-corrected chi connectivity index (χ4v) is 4.14. The number of pyridine rings is 1. The Morgan fingerprint density at radius 3 is 2.48 bits per heavy atom. The zero-order chi connectivity index (χ0) is 21.5. The Bertz CT molecular complexity index is 959. The molecule has 1 N–H and O–H groups in total. The molecule has 1 fully saturated rings. The Balaban J connectivity index is 1.40. The van der Waals surface area contributed by atoms with Crippen LogP contribution >= 0.6 is 0 Å². The van der Waals surface area contributed by atoms with E-state index in [4.69, 9.17) is 9.47 Å². The summed E-state index contributed by atoms with van der Waals surface area (Å²) in [6.07, 6.45) is 3.05. The van der Waals surface area contributed by atoms with Gasteiger partial charge in [0.05, 0.1) is 6.61 Å². The number of benzene rings is 2. The minimum atomic E-state index is -0.540. The van der Waals surface area contributed by atoms with E-state index in [1.807, 2.05) is 30.3 Å². The van der Waals surface area contributed by atoms with E-state index in [-0.39, 0.29) is 6.61 Å². The molecule has 31 heavy (non-hydrogen) atoms. The standard InChI is InChI=1S/C25H31N3O3/c1-30-17-16-27-12-14-28(15-13-27)18-22(29)19-31-24-7-6-20-4-2-3-5-23(20)25(24)21-8-10-26-11-9-21/h2-11,22,29H,12-19H2,1H3. The second-order valence-corrected chi connectivity index (χ2v) is 8.00. The molecular weight excluding hydrogens is 390 g/mol. The van der Waals surface area contributed by atoms with Crippen molar-refractivity contribution in [1.82, 2.24) is 14.8 Å². The number of aromatic nitrogens is 1. The number of piperazine rings is 1. The fraction of sp³-hybridized carbons (Fsp3) is 0.400. The third-order valence-corrected chi connectivity index (χ3v) is 5.84. The average molecular weight is 422 g/mol. The molecule has 6 nitrogen and oxygen atoms in total. The molecule has 0 radical (unpaired) electrons. The molecule has 0 bridgehead atoms. The van der Waals surface area contributed by atoms with E-state index in [1.165, 1.54) is 0 Å². The van der Waals surface area contributed by atoms with Crippen LogP contribution < -0.4 is 4.74 Å². The molecule has 0 spiro atoms. The zero-order valence-corrected chi connectivity index (χ0v) is 18.1.